The Morgan fingerprint density at radius 1 is 1.44 bits per heavy atom. The lowest BCUT2D eigenvalue weighted by Crippen LogP contribution is -2.27. The Morgan fingerprint density at radius 2 is 2.25 bits per heavy atom. The number of benzene rings is 1. The lowest BCUT2D eigenvalue weighted by molar-refractivity contribution is 0.392. The molecular formula is C12H15BrFNO. The van der Waals surface area contributed by atoms with Gasteiger partial charge in [-0.2, -0.15) is 0 Å². The molecule has 1 saturated heterocycles. The van der Waals surface area contributed by atoms with Crippen LogP contribution in [0.5, 0.6) is 5.75 Å². The summed E-state index contributed by atoms with van der Waals surface area (Å²) in [7, 11) is 1.55. The SMILES string of the molecule is COc1cc(F)cc(C2CCCCN2)c1Br. The van der Waals surface area contributed by atoms with E-state index in [2.05, 4.69) is 21.2 Å². The van der Waals surface area contributed by atoms with Gasteiger partial charge in [0.2, 0.25) is 0 Å². The molecule has 1 aliphatic heterocycles. The summed E-state index contributed by atoms with van der Waals surface area (Å²) >= 11 is 3.48. The van der Waals surface area contributed by atoms with Crippen LogP contribution in [0, 0.1) is 5.82 Å². The summed E-state index contributed by atoms with van der Waals surface area (Å²) < 4.78 is 19.4. The van der Waals surface area contributed by atoms with E-state index in [9.17, 15) is 4.39 Å². The molecule has 88 valence electrons. The highest BCUT2D eigenvalue weighted by molar-refractivity contribution is 9.10. The summed E-state index contributed by atoms with van der Waals surface area (Å²) in [6.45, 7) is 0.996. The molecule has 2 rings (SSSR count). The minimum atomic E-state index is -0.248. The zero-order valence-electron chi connectivity index (χ0n) is 9.22. The van der Waals surface area contributed by atoms with E-state index in [1.54, 1.807) is 13.2 Å². The molecule has 4 heteroatoms. The van der Waals surface area contributed by atoms with E-state index in [0.29, 0.717) is 5.75 Å². The minimum absolute atomic E-state index is 0.229. The topological polar surface area (TPSA) is 21.3 Å². The van der Waals surface area contributed by atoms with Crippen molar-refractivity contribution >= 4 is 15.9 Å². The fourth-order valence-corrected chi connectivity index (χ4v) is 2.77. The maximum Gasteiger partial charge on any atom is 0.136 e. The van der Waals surface area contributed by atoms with Crippen LogP contribution in [-0.2, 0) is 0 Å². The average molecular weight is 288 g/mol. The molecular weight excluding hydrogens is 273 g/mol. The molecule has 16 heavy (non-hydrogen) atoms. The number of methoxy groups -OCH3 is 1. The molecule has 0 radical (unpaired) electrons. The normalized spacial score (nSPS) is 20.8. The van der Waals surface area contributed by atoms with Gasteiger partial charge in [0.25, 0.3) is 0 Å². The molecule has 1 aromatic carbocycles. The van der Waals surface area contributed by atoms with E-state index in [0.717, 1.165) is 23.0 Å². The second kappa shape index (κ2) is 5.15. The Hall–Kier alpha value is -0.610. The van der Waals surface area contributed by atoms with Crippen molar-refractivity contribution < 1.29 is 9.13 Å². The molecule has 1 unspecified atom stereocenters. The third kappa shape index (κ3) is 2.38. The predicted molar refractivity (Wildman–Crippen MR) is 65.2 cm³/mol. The van der Waals surface area contributed by atoms with Crippen LogP contribution in [0.25, 0.3) is 0 Å². The molecule has 1 aliphatic rings. The monoisotopic (exact) mass is 287 g/mol. The van der Waals surface area contributed by atoms with E-state index in [4.69, 9.17) is 4.74 Å². The smallest absolute Gasteiger partial charge is 0.136 e. The number of hydrogen-bond donors (Lipinski definition) is 1. The van der Waals surface area contributed by atoms with E-state index in [1.165, 1.54) is 18.9 Å². The third-order valence-electron chi connectivity index (χ3n) is 2.94. The van der Waals surface area contributed by atoms with Gasteiger partial charge >= 0.3 is 0 Å². The average Bonchev–Trinajstić information content (AvgIpc) is 2.33. The summed E-state index contributed by atoms with van der Waals surface area (Å²) in [6, 6.07) is 3.21. The fraction of sp³-hybridized carbons (Fsp3) is 0.500. The maximum absolute atomic E-state index is 13.4. The highest BCUT2D eigenvalue weighted by Crippen LogP contribution is 2.36. The molecule has 0 aromatic heterocycles. The van der Waals surface area contributed by atoms with Gasteiger partial charge in [-0.25, -0.2) is 4.39 Å². The Balaban J connectivity index is 2.34. The number of nitrogens with one attached hydrogen (secondary N) is 1. The molecule has 1 heterocycles. The molecule has 0 bridgehead atoms. The lowest BCUT2D eigenvalue weighted by atomic mass is 9.97. The second-order valence-corrected chi connectivity index (χ2v) is 4.81. The zero-order chi connectivity index (χ0) is 11.5. The number of piperidine rings is 1. The quantitative estimate of drug-likeness (QED) is 0.900. The van der Waals surface area contributed by atoms with Crippen molar-refractivity contribution in [3.8, 4) is 5.75 Å². The maximum atomic E-state index is 13.4. The molecule has 1 fully saturated rings. The van der Waals surface area contributed by atoms with Crippen LogP contribution >= 0.6 is 15.9 Å². The van der Waals surface area contributed by atoms with Crippen molar-refractivity contribution in [1.82, 2.24) is 5.32 Å². The van der Waals surface area contributed by atoms with Gasteiger partial charge in [0.1, 0.15) is 11.6 Å². The summed E-state index contributed by atoms with van der Waals surface area (Å²) in [5.41, 5.74) is 0.955. The molecule has 0 spiro atoms. The Morgan fingerprint density at radius 3 is 2.88 bits per heavy atom. The van der Waals surface area contributed by atoms with Crippen LogP contribution in [0.2, 0.25) is 0 Å². The highest BCUT2D eigenvalue weighted by atomic mass is 79.9. The van der Waals surface area contributed by atoms with Crippen LogP contribution in [0.3, 0.4) is 0 Å². The summed E-state index contributed by atoms with van der Waals surface area (Å²) in [5, 5.41) is 3.40. The molecule has 1 N–H and O–H groups in total. The van der Waals surface area contributed by atoms with Gasteiger partial charge in [-0.1, -0.05) is 6.42 Å². The summed E-state index contributed by atoms with van der Waals surface area (Å²) in [6.07, 6.45) is 3.43. The van der Waals surface area contributed by atoms with Gasteiger partial charge in [-0.15, -0.1) is 0 Å². The van der Waals surface area contributed by atoms with Crippen molar-refractivity contribution in [2.24, 2.45) is 0 Å². The third-order valence-corrected chi connectivity index (χ3v) is 3.79. The number of ether oxygens (including phenoxy) is 1. The first-order valence-corrected chi connectivity index (χ1v) is 6.28. The Bertz CT molecular complexity index is 378. The number of hydrogen-bond acceptors (Lipinski definition) is 2. The molecule has 1 atom stereocenters. The van der Waals surface area contributed by atoms with E-state index >= 15 is 0 Å². The van der Waals surface area contributed by atoms with Crippen LogP contribution in [-0.4, -0.2) is 13.7 Å². The Labute approximate surface area is 103 Å². The molecule has 2 nitrogen and oxygen atoms in total. The number of rotatable bonds is 2. The van der Waals surface area contributed by atoms with E-state index in [1.807, 2.05) is 0 Å². The van der Waals surface area contributed by atoms with Gasteiger partial charge in [-0.05, 0) is 46.9 Å². The number of halogens is 2. The fourth-order valence-electron chi connectivity index (χ4n) is 2.10. The Kier molecular flexibility index (Phi) is 3.82. The highest BCUT2D eigenvalue weighted by Gasteiger charge is 2.20. The minimum Gasteiger partial charge on any atom is -0.495 e. The standard InChI is InChI=1S/C12H15BrFNO/c1-16-11-7-8(14)6-9(12(11)13)10-4-2-3-5-15-10/h6-7,10,15H,2-5H2,1H3. The molecule has 1 aromatic rings. The predicted octanol–water partition coefficient (Wildman–Crippen LogP) is 3.41. The second-order valence-electron chi connectivity index (χ2n) is 4.01. The summed E-state index contributed by atoms with van der Waals surface area (Å²) in [4.78, 5) is 0. The molecule has 0 saturated carbocycles. The van der Waals surface area contributed by atoms with Crippen molar-refractivity contribution in [2.75, 3.05) is 13.7 Å². The van der Waals surface area contributed by atoms with Crippen LogP contribution in [0.1, 0.15) is 30.9 Å². The van der Waals surface area contributed by atoms with Crippen molar-refractivity contribution in [1.29, 1.82) is 0 Å². The zero-order valence-corrected chi connectivity index (χ0v) is 10.8. The van der Waals surface area contributed by atoms with Crippen LogP contribution in [0.15, 0.2) is 16.6 Å². The largest absolute Gasteiger partial charge is 0.495 e. The van der Waals surface area contributed by atoms with Gasteiger partial charge in [0, 0.05) is 12.1 Å². The van der Waals surface area contributed by atoms with Crippen molar-refractivity contribution in [2.45, 2.75) is 25.3 Å². The lowest BCUT2D eigenvalue weighted by Gasteiger charge is -2.25. The van der Waals surface area contributed by atoms with Gasteiger partial charge < -0.3 is 10.1 Å². The van der Waals surface area contributed by atoms with E-state index < -0.39 is 0 Å². The van der Waals surface area contributed by atoms with Crippen molar-refractivity contribution in [3.05, 3.63) is 28.0 Å². The molecule has 0 amide bonds. The first-order chi connectivity index (χ1) is 7.72. The first-order valence-electron chi connectivity index (χ1n) is 5.48. The first kappa shape index (κ1) is 11.9. The summed E-state index contributed by atoms with van der Waals surface area (Å²) in [5.74, 6) is 0.310. The molecule has 0 aliphatic carbocycles. The van der Waals surface area contributed by atoms with E-state index in [-0.39, 0.29) is 11.9 Å². The van der Waals surface area contributed by atoms with Gasteiger partial charge in [0.05, 0.1) is 11.6 Å². The van der Waals surface area contributed by atoms with Crippen molar-refractivity contribution in [3.63, 3.8) is 0 Å². The van der Waals surface area contributed by atoms with Crippen LogP contribution in [0.4, 0.5) is 4.39 Å². The van der Waals surface area contributed by atoms with Crippen LogP contribution < -0.4 is 10.1 Å². The van der Waals surface area contributed by atoms with Gasteiger partial charge in [0.15, 0.2) is 0 Å². The van der Waals surface area contributed by atoms with Gasteiger partial charge in [-0.3, -0.25) is 0 Å².